The van der Waals surface area contributed by atoms with Crippen molar-refractivity contribution in [2.75, 3.05) is 9.80 Å². The number of pyridine rings is 4. The molecule has 0 spiro atoms. The Bertz CT molecular complexity index is 3330. The fourth-order valence-corrected chi connectivity index (χ4v) is 10.6. The average Bonchev–Trinajstić information content (AvgIpc) is 3.76. The largest absolute Gasteiger partial charge is 0.293 e. The van der Waals surface area contributed by atoms with E-state index >= 15 is 0 Å². The fourth-order valence-electron chi connectivity index (χ4n) is 10.6. The standard InChI is InChI=1S/C64H50N6/c1-63(2)57-37-45(21-27-53(57)55-29-25-49(39-59(55)63)69(51-11-9-31-65-41-51)61-13-5-7-33-67-61)17-15-43-19-23-48-36-44(20-24-47(48)35-43)16-18-46-22-28-54-56-30-26-50(40-60(56)64(3,4)58(54)38-46)70(52-12-10-32-66-42-52)62-14-6-8-34-68-62/h5-42H,1-4H3. The molecule has 0 saturated heterocycles. The van der Waals surface area contributed by atoms with Gasteiger partial charge in [0.2, 0.25) is 0 Å². The molecular weight excluding hydrogens is 853 g/mol. The SMILES string of the molecule is CC1(C)c2cc(C=Cc3ccc4cc(C=Cc5ccc6c(c5)C(C)(C)c5cc(N(c7cccnc7)c7ccccn7)ccc5-6)ccc4c3)ccc2-c2ccc(N(c3cccnc3)c3ccccn3)cc21. The molecule has 0 unspecified atom stereocenters. The highest BCUT2D eigenvalue weighted by atomic mass is 15.2. The molecule has 2 aliphatic rings. The first-order valence-corrected chi connectivity index (χ1v) is 23.9. The van der Waals surface area contributed by atoms with Crippen molar-refractivity contribution in [3.63, 3.8) is 0 Å². The van der Waals surface area contributed by atoms with Crippen LogP contribution in [0, 0.1) is 0 Å². The van der Waals surface area contributed by atoms with Crippen LogP contribution < -0.4 is 9.80 Å². The molecule has 2 aliphatic carbocycles. The van der Waals surface area contributed by atoms with E-state index in [-0.39, 0.29) is 10.8 Å². The van der Waals surface area contributed by atoms with Gasteiger partial charge in [0.1, 0.15) is 11.6 Å². The van der Waals surface area contributed by atoms with Gasteiger partial charge in [-0.1, -0.05) is 137 Å². The van der Waals surface area contributed by atoms with Crippen LogP contribution in [-0.2, 0) is 10.8 Å². The third-order valence-electron chi connectivity index (χ3n) is 14.3. The summed E-state index contributed by atoms with van der Waals surface area (Å²) < 4.78 is 0. The normalized spacial score (nSPS) is 13.8. The highest BCUT2D eigenvalue weighted by Crippen LogP contribution is 2.52. The minimum atomic E-state index is -0.191. The lowest BCUT2D eigenvalue weighted by atomic mass is 9.81. The molecule has 0 amide bonds. The first-order chi connectivity index (χ1) is 34.2. The lowest BCUT2D eigenvalue weighted by molar-refractivity contribution is 0.660. The van der Waals surface area contributed by atoms with Gasteiger partial charge >= 0.3 is 0 Å². The number of hydrogen-bond acceptors (Lipinski definition) is 6. The molecule has 70 heavy (non-hydrogen) atoms. The van der Waals surface area contributed by atoms with Crippen molar-refractivity contribution in [2.24, 2.45) is 0 Å². The minimum absolute atomic E-state index is 0.191. The molecule has 0 aliphatic heterocycles. The van der Waals surface area contributed by atoms with Gasteiger partial charge < -0.3 is 0 Å². The predicted molar refractivity (Wildman–Crippen MR) is 290 cm³/mol. The van der Waals surface area contributed by atoms with E-state index in [4.69, 9.17) is 9.97 Å². The van der Waals surface area contributed by atoms with Crippen LogP contribution in [-0.4, -0.2) is 19.9 Å². The number of hydrogen-bond donors (Lipinski definition) is 0. The second-order valence-corrected chi connectivity index (χ2v) is 19.3. The van der Waals surface area contributed by atoms with Gasteiger partial charge in [-0.15, -0.1) is 0 Å². The Hall–Kier alpha value is -8.74. The van der Waals surface area contributed by atoms with Crippen LogP contribution in [0.5, 0.6) is 0 Å². The van der Waals surface area contributed by atoms with E-state index in [1.54, 1.807) is 12.4 Å². The van der Waals surface area contributed by atoms with Crippen LogP contribution >= 0.6 is 0 Å². The van der Waals surface area contributed by atoms with Crippen LogP contribution in [0.2, 0.25) is 0 Å². The lowest BCUT2D eigenvalue weighted by Crippen LogP contribution is -2.17. The van der Waals surface area contributed by atoms with Gasteiger partial charge in [0, 0.05) is 47.0 Å². The molecule has 6 nitrogen and oxygen atoms in total. The number of benzene rings is 6. The summed E-state index contributed by atoms with van der Waals surface area (Å²) in [6, 6.07) is 60.9. The van der Waals surface area contributed by atoms with Gasteiger partial charge in [-0.25, -0.2) is 9.97 Å². The van der Waals surface area contributed by atoms with Gasteiger partial charge in [0.05, 0.1) is 23.8 Å². The van der Waals surface area contributed by atoms with E-state index in [1.165, 1.54) is 77.5 Å². The molecule has 0 N–H and O–H groups in total. The Morgan fingerprint density at radius 2 is 0.729 bits per heavy atom. The van der Waals surface area contributed by atoms with E-state index in [1.807, 2.05) is 73.3 Å². The van der Waals surface area contributed by atoms with Crippen LogP contribution in [0.4, 0.5) is 34.4 Å². The summed E-state index contributed by atoms with van der Waals surface area (Å²) >= 11 is 0. The molecule has 12 rings (SSSR count). The second kappa shape index (κ2) is 17.1. The molecule has 0 fully saturated rings. The summed E-state index contributed by atoms with van der Waals surface area (Å²) in [7, 11) is 0. The summed E-state index contributed by atoms with van der Waals surface area (Å²) in [5.74, 6) is 1.71. The molecule has 6 aromatic carbocycles. The van der Waals surface area contributed by atoms with Crippen molar-refractivity contribution < 1.29 is 0 Å². The summed E-state index contributed by atoms with van der Waals surface area (Å²) in [6.07, 6.45) is 20.0. The van der Waals surface area contributed by atoms with Crippen LogP contribution in [0.15, 0.2) is 207 Å². The maximum absolute atomic E-state index is 4.72. The van der Waals surface area contributed by atoms with Crippen LogP contribution in [0.3, 0.4) is 0 Å². The maximum atomic E-state index is 4.72. The molecule has 4 aromatic heterocycles. The van der Waals surface area contributed by atoms with E-state index < -0.39 is 0 Å². The summed E-state index contributed by atoms with van der Waals surface area (Å²) in [5.41, 5.74) is 18.8. The summed E-state index contributed by atoms with van der Waals surface area (Å²) in [6.45, 7) is 9.34. The zero-order valence-corrected chi connectivity index (χ0v) is 39.6. The maximum Gasteiger partial charge on any atom is 0.137 e. The number of rotatable bonds is 10. The Morgan fingerprint density at radius 1 is 0.343 bits per heavy atom. The zero-order chi connectivity index (χ0) is 47.4. The number of fused-ring (bicyclic) bond motifs is 7. The topological polar surface area (TPSA) is 58.0 Å². The van der Waals surface area contributed by atoms with E-state index in [0.717, 1.165) is 34.4 Å². The zero-order valence-electron chi connectivity index (χ0n) is 39.6. The number of aromatic nitrogens is 4. The second-order valence-electron chi connectivity index (χ2n) is 19.3. The highest BCUT2D eigenvalue weighted by molar-refractivity contribution is 5.91. The Labute approximate surface area is 409 Å². The van der Waals surface area contributed by atoms with Gasteiger partial charge in [-0.2, -0.15) is 0 Å². The van der Waals surface area contributed by atoms with Crippen molar-refractivity contribution in [3.8, 4) is 22.3 Å². The predicted octanol–water partition coefficient (Wildman–Crippen LogP) is 16.3. The lowest BCUT2D eigenvalue weighted by Gasteiger charge is -2.27. The fraction of sp³-hybridized carbons (Fsp3) is 0.0938. The van der Waals surface area contributed by atoms with Crippen LogP contribution in [0.25, 0.3) is 57.3 Å². The molecule has 4 heterocycles. The monoisotopic (exact) mass is 902 g/mol. The first kappa shape index (κ1) is 42.6. The summed E-state index contributed by atoms with van der Waals surface area (Å²) in [5, 5.41) is 2.43. The third kappa shape index (κ3) is 7.55. The van der Waals surface area contributed by atoms with Crippen LogP contribution in [0.1, 0.15) is 72.2 Å². The van der Waals surface area contributed by atoms with Gasteiger partial charge in [-0.3, -0.25) is 19.8 Å². The van der Waals surface area contributed by atoms with Crippen molar-refractivity contribution in [1.82, 2.24) is 19.9 Å². The van der Waals surface area contributed by atoms with Gasteiger partial charge in [0.25, 0.3) is 0 Å². The average molecular weight is 903 g/mol. The van der Waals surface area contributed by atoms with E-state index in [0.29, 0.717) is 0 Å². The molecule has 336 valence electrons. The minimum Gasteiger partial charge on any atom is -0.293 e. The molecule has 6 heteroatoms. The first-order valence-electron chi connectivity index (χ1n) is 23.9. The highest BCUT2D eigenvalue weighted by Gasteiger charge is 2.37. The molecular formula is C64H50N6. The van der Waals surface area contributed by atoms with Crippen molar-refractivity contribution >= 4 is 69.5 Å². The smallest absolute Gasteiger partial charge is 0.137 e. The van der Waals surface area contributed by atoms with E-state index in [2.05, 4.69) is 193 Å². The molecule has 0 atom stereocenters. The summed E-state index contributed by atoms with van der Waals surface area (Å²) in [4.78, 5) is 22.6. The molecule has 10 aromatic rings. The van der Waals surface area contributed by atoms with Crippen molar-refractivity contribution in [2.45, 2.75) is 38.5 Å². The molecule has 0 radical (unpaired) electrons. The quantitative estimate of drug-likeness (QED) is 0.127. The van der Waals surface area contributed by atoms with Gasteiger partial charge in [0.15, 0.2) is 0 Å². The third-order valence-corrected chi connectivity index (χ3v) is 14.3. The Balaban J connectivity index is 0.758. The van der Waals surface area contributed by atoms with Crippen molar-refractivity contribution in [1.29, 1.82) is 0 Å². The Morgan fingerprint density at radius 3 is 1.11 bits per heavy atom. The van der Waals surface area contributed by atoms with Crippen molar-refractivity contribution in [3.05, 3.63) is 252 Å². The molecule has 0 bridgehead atoms. The molecule has 0 saturated carbocycles. The Kier molecular flexibility index (Phi) is 10.4. The van der Waals surface area contributed by atoms with E-state index in [9.17, 15) is 0 Å². The van der Waals surface area contributed by atoms with Gasteiger partial charge in [-0.05, 0) is 162 Å². The number of nitrogens with zero attached hydrogens (tertiary/aromatic N) is 6. The number of anilines is 6.